The van der Waals surface area contributed by atoms with Crippen molar-refractivity contribution in [2.45, 2.75) is 20.3 Å². The number of hydrogen-bond acceptors (Lipinski definition) is 8. The molecule has 0 radical (unpaired) electrons. The van der Waals surface area contributed by atoms with Crippen LogP contribution < -0.4 is 9.47 Å². The van der Waals surface area contributed by atoms with Crippen molar-refractivity contribution in [3.63, 3.8) is 0 Å². The van der Waals surface area contributed by atoms with Crippen molar-refractivity contribution in [1.82, 2.24) is 9.80 Å². The van der Waals surface area contributed by atoms with Crippen LogP contribution in [0.1, 0.15) is 41.0 Å². The van der Waals surface area contributed by atoms with Gasteiger partial charge >= 0.3 is 0 Å². The third-order valence-electron chi connectivity index (χ3n) is 7.37. The Morgan fingerprint density at radius 2 is 1.03 bits per heavy atom. The summed E-state index contributed by atoms with van der Waals surface area (Å²) in [5, 5.41) is 0. The van der Waals surface area contributed by atoms with Gasteiger partial charge in [-0.1, -0.05) is 0 Å². The summed E-state index contributed by atoms with van der Waals surface area (Å²) in [6.07, 6.45) is 0.479. The monoisotopic (exact) mass is 538 g/mol. The molecule has 8 nitrogen and oxygen atoms in total. The maximum Gasteiger partial charge on any atom is 0.167 e. The molecular formula is C31H42N2O6. The summed E-state index contributed by atoms with van der Waals surface area (Å²) in [6, 6.07) is 14.7. The second kappa shape index (κ2) is 15.1. The number of hydrogen-bond donors (Lipinski definition) is 0. The van der Waals surface area contributed by atoms with Gasteiger partial charge in [0.2, 0.25) is 0 Å². The van der Waals surface area contributed by atoms with E-state index in [-0.39, 0.29) is 23.4 Å². The number of nitrogens with zero attached hydrogens (tertiary/aromatic N) is 2. The van der Waals surface area contributed by atoms with Crippen LogP contribution >= 0.6 is 0 Å². The highest BCUT2D eigenvalue weighted by atomic mass is 16.5. The number of carbonyl (C=O) groups excluding carboxylic acids is 2. The average molecular weight is 539 g/mol. The molecule has 0 aliphatic carbocycles. The molecule has 39 heavy (non-hydrogen) atoms. The Kier molecular flexibility index (Phi) is 11.3. The Hall–Kier alpha value is -2.78. The first-order valence-electron chi connectivity index (χ1n) is 14.2. The lowest BCUT2D eigenvalue weighted by Gasteiger charge is -2.34. The molecule has 0 bridgehead atoms. The lowest BCUT2D eigenvalue weighted by Crippen LogP contribution is -2.44. The zero-order valence-corrected chi connectivity index (χ0v) is 23.3. The van der Waals surface area contributed by atoms with Crippen LogP contribution in [0.3, 0.4) is 0 Å². The van der Waals surface area contributed by atoms with E-state index in [1.165, 1.54) is 0 Å². The number of Topliss-reactive ketones (excluding diaryl/α,β-unsaturated/α-hetero) is 2. The second-order valence-electron chi connectivity index (χ2n) is 10.1. The van der Waals surface area contributed by atoms with E-state index in [1.54, 1.807) is 0 Å². The molecule has 8 heteroatoms. The Morgan fingerprint density at radius 1 is 0.667 bits per heavy atom. The van der Waals surface area contributed by atoms with E-state index in [0.717, 1.165) is 37.7 Å². The molecule has 0 saturated carbocycles. The van der Waals surface area contributed by atoms with Crippen molar-refractivity contribution in [3.8, 4) is 11.5 Å². The second-order valence-corrected chi connectivity index (χ2v) is 10.1. The summed E-state index contributed by atoms with van der Waals surface area (Å²) < 4.78 is 22.2. The Balaban J connectivity index is 1.58. The number of morpholine rings is 2. The number of benzene rings is 2. The molecule has 212 valence electrons. The first-order valence-corrected chi connectivity index (χ1v) is 14.2. The third kappa shape index (κ3) is 8.60. The van der Waals surface area contributed by atoms with Gasteiger partial charge in [0, 0.05) is 62.2 Å². The molecule has 0 N–H and O–H groups in total. The summed E-state index contributed by atoms with van der Waals surface area (Å²) >= 11 is 0. The Morgan fingerprint density at radius 3 is 1.36 bits per heavy atom. The van der Waals surface area contributed by atoms with Crippen molar-refractivity contribution in [3.05, 3.63) is 59.7 Å². The van der Waals surface area contributed by atoms with Crippen LogP contribution in [-0.2, 0) is 9.47 Å². The van der Waals surface area contributed by atoms with Gasteiger partial charge in [-0.05, 0) is 68.8 Å². The lowest BCUT2D eigenvalue weighted by molar-refractivity contribution is 0.0213. The zero-order valence-electron chi connectivity index (χ0n) is 23.3. The highest BCUT2D eigenvalue weighted by Gasteiger charge is 2.32. The van der Waals surface area contributed by atoms with E-state index in [1.807, 2.05) is 62.4 Å². The molecule has 2 saturated heterocycles. The van der Waals surface area contributed by atoms with Gasteiger partial charge in [0.1, 0.15) is 11.5 Å². The predicted molar refractivity (Wildman–Crippen MR) is 150 cm³/mol. The zero-order chi connectivity index (χ0) is 27.5. The van der Waals surface area contributed by atoms with Gasteiger partial charge in [0.15, 0.2) is 11.6 Å². The summed E-state index contributed by atoms with van der Waals surface area (Å²) in [4.78, 5) is 32.4. The maximum atomic E-state index is 13.9. The van der Waals surface area contributed by atoms with E-state index in [9.17, 15) is 9.59 Å². The van der Waals surface area contributed by atoms with Crippen molar-refractivity contribution in [2.24, 2.45) is 11.8 Å². The van der Waals surface area contributed by atoms with E-state index in [2.05, 4.69) is 9.80 Å². The molecular weight excluding hydrogens is 496 g/mol. The standard InChI is InChI=1S/C31H42N2O6/c1-3-38-28-9-5-24(6-10-28)30(34)26(22-32-13-17-36-18-14-32)21-27(23-33-15-19-37-20-16-33)31(35)25-7-11-29(12-8-25)39-4-2/h5-12,26-27H,3-4,13-23H2,1-2H3/t26-,27-/m0/s1. The molecule has 2 heterocycles. The average Bonchev–Trinajstić information content (AvgIpc) is 2.98. The Bertz CT molecular complexity index is 947. The van der Waals surface area contributed by atoms with Crippen LogP contribution in [0.25, 0.3) is 0 Å². The topological polar surface area (TPSA) is 77.5 Å². The van der Waals surface area contributed by atoms with E-state index in [0.29, 0.717) is 70.3 Å². The molecule has 0 aromatic heterocycles. The minimum Gasteiger partial charge on any atom is -0.494 e. The largest absolute Gasteiger partial charge is 0.494 e. The first-order chi connectivity index (χ1) is 19.1. The summed E-state index contributed by atoms with van der Waals surface area (Å²) in [5.41, 5.74) is 1.30. The lowest BCUT2D eigenvalue weighted by atomic mass is 9.83. The van der Waals surface area contributed by atoms with Gasteiger partial charge < -0.3 is 18.9 Å². The van der Waals surface area contributed by atoms with Crippen molar-refractivity contribution >= 4 is 11.6 Å². The smallest absolute Gasteiger partial charge is 0.167 e. The predicted octanol–water partition coefficient (Wildman–Crippen LogP) is 3.84. The van der Waals surface area contributed by atoms with Crippen LogP contribution in [-0.4, -0.2) is 100 Å². The molecule has 2 aromatic carbocycles. The highest BCUT2D eigenvalue weighted by Crippen LogP contribution is 2.26. The van der Waals surface area contributed by atoms with Gasteiger partial charge in [0.25, 0.3) is 0 Å². The van der Waals surface area contributed by atoms with Gasteiger partial charge in [-0.2, -0.15) is 0 Å². The van der Waals surface area contributed by atoms with Gasteiger partial charge in [-0.25, -0.2) is 0 Å². The minimum atomic E-state index is -0.321. The summed E-state index contributed by atoms with van der Waals surface area (Å²) in [7, 11) is 0. The van der Waals surface area contributed by atoms with E-state index >= 15 is 0 Å². The molecule has 2 fully saturated rings. The summed E-state index contributed by atoms with van der Waals surface area (Å²) in [6.45, 7) is 12.0. The molecule has 2 atom stereocenters. The van der Waals surface area contributed by atoms with Gasteiger partial charge in [-0.15, -0.1) is 0 Å². The van der Waals surface area contributed by atoms with E-state index in [4.69, 9.17) is 18.9 Å². The molecule has 4 rings (SSSR count). The minimum absolute atomic E-state index is 0.0658. The number of carbonyl (C=O) groups is 2. The molecule has 2 aliphatic rings. The SMILES string of the molecule is CCOc1ccc(C(=O)[C@@H](C[C@@H](CN2CCOCC2)C(=O)c2ccc(OCC)cc2)CN2CCOCC2)cc1. The molecule has 0 spiro atoms. The van der Waals surface area contributed by atoms with Crippen LogP contribution in [0.5, 0.6) is 11.5 Å². The van der Waals surface area contributed by atoms with Crippen LogP contribution in [0.2, 0.25) is 0 Å². The van der Waals surface area contributed by atoms with Crippen molar-refractivity contribution in [1.29, 1.82) is 0 Å². The molecule has 0 amide bonds. The van der Waals surface area contributed by atoms with Crippen LogP contribution in [0.15, 0.2) is 48.5 Å². The molecule has 2 aliphatic heterocycles. The van der Waals surface area contributed by atoms with Crippen molar-refractivity contribution in [2.75, 3.05) is 78.9 Å². The molecule has 0 unspecified atom stereocenters. The van der Waals surface area contributed by atoms with Crippen LogP contribution in [0.4, 0.5) is 0 Å². The fourth-order valence-corrected chi connectivity index (χ4v) is 5.30. The fourth-order valence-electron chi connectivity index (χ4n) is 5.30. The van der Waals surface area contributed by atoms with Crippen molar-refractivity contribution < 1.29 is 28.5 Å². The first kappa shape index (κ1) is 29.2. The number of ether oxygens (including phenoxy) is 4. The summed E-state index contributed by atoms with van der Waals surface area (Å²) in [5.74, 6) is 0.980. The normalized spacial score (nSPS) is 18.3. The Labute approximate surface area is 232 Å². The number of ketones is 2. The third-order valence-corrected chi connectivity index (χ3v) is 7.37. The van der Waals surface area contributed by atoms with E-state index < -0.39 is 0 Å². The quantitative estimate of drug-likeness (QED) is 0.336. The van der Waals surface area contributed by atoms with Gasteiger partial charge in [-0.3, -0.25) is 19.4 Å². The highest BCUT2D eigenvalue weighted by molar-refractivity contribution is 6.00. The molecule has 2 aromatic rings. The fraction of sp³-hybridized carbons (Fsp3) is 0.548. The number of rotatable bonds is 14. The van der Waals surface area contributed by atoms with Crippen LogP contribution in [0, 0.1) is 11.8 Å². The maximum absolute atomic E-state index is 13.9. The van der Waals surface area contributed by atoms with Gasteiger partial charge in [0.05, 0.1) is 39.6 Å².